The highest BCUT2D eigenvalue weighted by Crippen LogP contribution is 2.39. The normalized spacial score (nSPS) is 18.4. The van der Waals surface area contributed by atoms with E-state index in [9.17, 15) is 4.79 Å². The van der Waals surface area contributed by atoms with E-state index in [0.29, 0.717) is 12.7 Å². The average Bonchev–Trinajstić information content (AvgIpc) is 3.19. The number of carbonyl (C=O) groups is 1. The Morgan fingerprint density at radius 2 is 1.84 bits per heavy atom. The fourth-order valence-corrected chi connectivity index (χ4v) is 4.43. The second-order valence-corrected chi connectivity index (χ2v) is 7.07. The first-order valence-electron chi connectivity index (χ1n) is 8.86. The number of anilines is 1. The molecule has 0 saturated carbocycles. The van der Waals surface area contributed by atoms with Crippen LogP contribution in [0.25, 0.3) is 10.8 Å². The van der Waals surface area contributed by atoms with E-state index < -0.39 is 0 Å². The van der Waals surface area contributed by atoms with Crippen molar-refractivity contribution in [1.29, 1.82) is 0 Å². The van der Waals surface area contributed by atoms with E-state index in [-0.39, 0.29) is 5.91 Å². The van der Waals surface area contributed by atoms with Gasteiger partial charge < -0.3 is 0 Å². The van der Waals surface area contributed by atoms with Crippen LogP contribution in [0.5, 0.6) is 0 Å². The Hall–Kier alpha value is -2.65. The van der Waals surface area contributed by atoms with Crippen molar-refractivity contribution in [3.05, 3.63) is 77.4 Å². The van der Waals surface area contributed by atoms with Gasteiger partial charge in [0, 0.05) is 17.0 Å². The summed E-state index contributed by atoms with van der Waals surface area (Å²) in [6.45, 7) is 0.617. The zero-order valence-electron chi connectivity index (χ0n) is 14.3. The summed E-state index contributed by atoms with van der Waals surface area (Å²) in [6.07, 6.45) is 2.24. The topological polar surface area (TPSA) is 23.6 Å². The molecule has 1 heterocycles. The lowest BCUT2D eigenvalue weighted by molar-refractivity contribution is 0.0970. The van der Waals surface area contributed by atoms with Crippen molar-refractivity contribution in [2.75, 3.05) is 18.6 Å². The highest BCUT2D eigenvalue weighted by Gasteiger charge is 2.33. The van der Waals surface area contributed by atoms with Crippen molar-refractivity contribution in [2.24, 2.45) is 0 Å². The van der Waals surface area contributed by atoms with Crippen LogP contribution in [-0.4, -0.2) is 24.5 Å². The number of fused-ring (bicyclic) bond motifs is 1. The molecule has 0 N–H and O–H groups in total. The first kappa shape index (κ1) is 14.7. The molecule has 0 unspecified atom stereocenters. The van der Waals surface area contributed by atoms with Crippen LogP contribution in [0.1, 0.15) is 33.9 Å². The zero-order chi connectivity index (χ0) is 17.0. The molecule has 124 valence electrons. The third-order valence-corrected chi connectivity index (χ3v) is 5.65. The quantitative estimate of drug-likeness (QED) is 0.712. The molecule has 0 bridgehead atoms. The molecule has 5 rings (SSSR count). The highest BCUT2D eigenvalue weighted by molar-refractivity contribution is 6.24. The predicted molar refractivity (Wildman–Crippen MR) is 101 cm³/mol. The Balaban J connectivity index is 1.48. The number of nitrogens with zero attached hydrogens (tertiary/aromatic N) is 2. The summed E-state index contributed by atoms with van der Waals surface area (Å²) in [7, 11) is 2.13. The van der Waals surface area contributed by atoms with Gasteiger partial charge in [-0.15, -0.1) is 0 Å². The van der Waals surface area contributed by atoms with Gasteiger partial charge in [-0.1, -0.05) is 48.5 Å². The molecule has 0 radical (unpaired) electrons. The molecule has 0 saturated heterocycles. The molecule has 2 aliphatic rings. The van der Waals surface area contributed by atoms with Crippen molar-refractivity contribution in [3.63, 3.8) is 0 Å². The number of benzene rings is 3. The average molecular weight is 328 g/mol. The summed E-state index contributed by atoms with van der Waals surface area (Å²) >= 11 is 0. The molecule has 1 amide bonds. The lowest BCUT2D eigenvalue weighted by atomic mass is 10.1. The Morgan fingerprint density at radius 3 is 2.72 bits per heavy atom. The molecular weight excluding hydrogens is 308 g/mol. The minimum absolute atomic E-state index is 0.116. The van der Waals surface area contributed by atoms with E-state index in [1.165, 1.54) is 11.1 Å². The lowest BCUT2D eigenvalue weighted by Gasteiger charge is -2.30. The molecule has 1 aliphatic heterocycles. The molecule has 3 nitrogen and oxygen atoms in total. The molecule has 1 atom stereocenters. The van der Waals surface area contributed by atoms with E-state index in [1.54, 1.807) is 0 Å². The monoisotopic (exact) mass is 328 g/mol. The Bertz CT molecular complexity index is 989. The van der Waals surface area contributed by atoms with Gasteiger partial charge in [0.1, 0.15) is 0 Å². The molecule has 3 aromatic carbocycles. The summed E-state index contributed by atoms with van der Waals surface area (Å²) in [5, 5.41) is 2.23. The maximum atomic E-state index is 13.0. The van der Waals surface area contributed by atoms with Gasteiger partial charge in [0.15, 0.2) is 0 Å². The SMILES string of the molecule is CN(CN1C(=O)c2cccc3cccc1c23)[C@@H]1CCc2ccccc21. The maximum Gasteiger partial charge on any atom is 0.260 e. The second-order valence-electron chi connectivity index (χ2n) is 7.07. The first-order valence-corrected chi connectivity index (χ1v) is 8.86. The number of aryl methyl sites for hydroxylation is 1. The largest absolute Gasteiger partial charge is 0.294 e. The minimum Gasteiger partial charge on any atom is -0.294 e. The maximum absolute atomic E-state index is 13.0. The third-order valence-electron chi connectivity index (χ3n) is 5.65. The van der Waals surface area contributed by atoms with Crippen molar-refractivity contribution in [3.8, 4) is 0 Å². The molecule has 0 spiro atoms. The fraction of sp³-hybridized carbons (Fsp3) is 0.227. The first-order chi connectivity index (χ1) is 12.2. The third kappa shape index (κ3) is 2.12. The van der Waals surface area contributed by atoms with Gasteiger partial charge in [0.05, 0.1) is 12.4 Å². The van der Waals surface area contributed by atoms with Crippen LogP contribution in [0.3, 0.4) is 0 Å². The van der Waals surface area contributed by atoms with Gasteiger partial charge in [-0.25, -0.2) is 0 Å². The van der Waals surface area contributed by atoms with Gasteiger partial charge in [-0.3, -0.25) is 14.6 Å². The number of rotatable bonds is 3. The van der Waals surface area contributed by atoms with Crippen molar-refractivity contribution in [1.82, 2.24) is 4.90 Å². The Kier molecular flexibility index (Phi) is 3.19. The van der Waals surface area contributed by atoms with Crippen molar-refractivity contribution in [2.45, 2.75) is 18.9 Å². The fourth-order valence-electron chi connectivity index (χ4n) is 4.43. The van der Waals surface area contributed by atoms with E-state index in [1.807, 2.05) is 23.1 Å². The van der Waals surface area contributed by atoms with Gasteiger partial charge in [0.2, 0.25) is 0 Å². The van der Waals surface area contributed by atoms with Gasteiger partial charge >= 0.3 is 0 Å². The van der Waals surface area contributed by atoms with Crippen LogP contribution in [-0.2, 0) is 6.42 Å². The second kappa shape index (κ2) is 5.43. The molecule has 25 heavy (non-hydrogen) atoms. The van der Waals surface area contributed by atoms with E-state index in [4.69, 9.17) is 0 Å². The summed E-state index contributed by atoms with van der Waals surface area (Å²) in [5.74, 6) is 0.116. The van der Waals surface area contributed by atoms with Gasteiger partial charge in [-0.05, 0) is 48.5 Å². The Labute approximate surface area is 147 Å². The summed E-state index contributed by atoms with van der Waals surface area (Å²) in [4.78, 5) is 17.2. The zero-order valence-corrected chi connectivity index (χ0v) is 14.3. The van der Waals surface area contributed by atoms with Crippen LogP contribution in [0, 0.1) is 0 Å². The molecule has 1 aliphatic carbocycles. The number of amides is 1. The summed E-state index contributed by atoms with van der Waals surface area (Å²) in [6, 6.07) is 21.2. The van der Waals surface area contributed by atoms with Crippen molar-refractivity contribution < 1.29 is 4.79 Å². The van der Waals surface area contributed by atoms with Crippen LogP contribution >= 0.6 is 0 Å². The van der Waals surface area contributed by atoms with Crippen LogP contribution in [0.2, 0.25) is 0 Å². The standard InChI is InChI=1S/C22H20N2O/c1-23(19-13-12-15-6-2-3-9-17(15)19)14-24-20-11-5-8-16-7-4-10-18(21(16)20)22(24)25/h2-11,19H,12-14H2,1H3/t19-/m1/s1. The molecule has 3 heteroatoms. The Morgan fingerprint density at radius 1 is 1.04 bits per heavy atom. The molecule has 0 fully saturated rings. The van der Waals surface area contributed by atoms with E-state index >= 15 is 0 Å². The predicted octanol–water partition coefficient (Wildman–Crippen LogP) is 4.38. The minimum atomic E-state index is 0.116. The highest BCUT2D eigenvalue weighted by atomic mass is 16.2. The summed E-state index contributed by atoms with van der Waals surface area (Å²) < 4.78 is 0. The van der Waals surface area contributed by atoms with E-state index in [2.05, 4.69) is 54.4 Å². The smallest absolute Gasteiger partial charge is 0.260 e. The molecule has 3 aromatic rings. The number of hydrogen-bond donors (Lipinski definition) is 0. The van der Waals surface area contributed by atoms with E-state index in [0.717, 1.165) is 34.9 Å². The lowest BCUT2D eigenvalue weighted by Crippen LogP contribution is -2.39. The summed E-state index contributed by atoms with van der Waals surface area (Å²) in [5.41, 5.74) is 4.72. The van der Waals surface area contributed by atoms with Crippen LogP contribution in [0.15, 0.2) is 60.7 Å². The number of carbonyl (C=O) groups excluding carboxylic acids is 1. The van der Waals surface area contributed by atoms with Gasteiger partial charge in [-0.2, -0.15) is 0 Å². The molecular formula is C22H20N2O. The van der Waals surface area contributed by atoms with Crippen molar-refractivity contribution >= 4 is 22.4 Å². The van der Waals surface area contributed by atoms with Gasteiger partial charge in [0.25, 0.3) is 5.91 Å². The van der Waals surface area contributed by atoms with Crippen LogP contribution in [0.4, 0.5) is 5.69 Å². The molecule has 0 aromatic heterocycles. The van der Waals surface area contributed by atoms with Crippen LogP contribution < -0.4 is 4.90 Å². The number of hydrogen-bond acceptors (Lipinski definition) is 2.